The number of ether oxygens (including phenoxy) is 3. The van der Waals surface area contributed by atoms with Crippen molar-refractivity contribution in [1.29, 1.82) is 0 Å². The van der Waals surface area contributed by atoms with E-state index in [2.05, 4.69) is 5.32 Å². The molecular weight excluding hydrogens is 456 g/mol. The predicted octanol–water partition coefficient (Wildman–Crippen LogP) is 4.32. The lowest BCUT2D eigenvalue weighted by Crippen LogP contribution is -2.26. The summed E-state index contributed by atoms with van der Waals surface area (Å²) in [5.74, 6) is -1.91. The Morgan fingerprint density at radius 1 is 0.943 bits per heavy atom. The Morgan fingerprint density at radius 3 is 2.14 bits per heavy atom. The number of benzene rings is 3. The van der Waals surface area contributed by atoms with Gasteiger partial charge in [0.2, 0.25) is 6.10 Å². The van der Waals surface area contributed by atoms with Gasteiger partial charge in [0.25, 0.3) is 11.6 Å². The summed E-state index contributed by atoms with van der Waals surface area (Å²) in [5, 5.41) is 14.0. The Morgan fingerprint density at radius 2 is 1.57 bits per heavy atom. The smallest absolute Gasteiger partial charge is 0.339 e. The quantitative estimate of drug-likeness (QED) is 0.273. The van der Waals surface area contributed by atoms with Crippen molar-refractivity contribution >= 4 is 29.2 Å². The number of anilines is 1. The molecule has 1 amide bonds. The molecule has 1 N–H and O–H groups in total. The fourth-order valence-corrected chi connectivity index (χ4v) is 3.12. The van der Waals surface area contributed by atoms with Crippen molar-refractivity contribution in [2.75, 3.05) is 19.0 Å². The van der Waals surface area contributed by atoms with Crippen LogP contribution in [0.25, 0.3) is 0 Å². The summed E-state index contributed by atoms with van der Waals surface area (Å²) >= 11 is 0. The molecule has 1 atom stereocenters. The number of methoxy groups -OCH3 is 1. The van der Waals surface area contributed by atoms with Crippen LogP contribution < -0.4 is 10.1 Å². The number of carbonyl (C=O) groups is 3. The molecule has 0 heterocycles. The third kappa shape index (κ3) is 6.41. The van der Waals surface area contributed by atoms with Crippen LogP contribution in [0.3, 0.4) is 0 Å². The van der Waals surface area contributed by atoms with Crippen LogP contribution in [0.4, 0.5) is 11.4 Å². The van der Waals surface area contributed by atoms with E-state index < -0.39 is 34.6 Å². The molecule has 0 radical (unpaired) electrons. The van der Waals surface area contributed by atoms with E-state index >= 15 is 0 Å². The van der Waals surface area contributed by atoms with E-state index in [1.807, 2.05) is 0 Å². The molecule has 180 valence electrons. The van der Waals surface area contributed by atoms with Gasteiger partial charge in [-0.25, -0.2) is 9.59 Å². The molecule has 35 heavy (non-hydrogen) atoms. The first-order chi connectivity index (χ1) is 16.8. The van der Waals surface area contributed by atoms with Crippen LogP contribution in [0.1, 0.15) is 39.3 Å². The highest BCUT2D eigenvalue weighted by molar-refractivity contribution is 6.00. The predicted molar refractivity (Wildman–Crippen MR) is 125 cm³/mol. The second-order valence-electron chi connectivity index (χ2n) is 7.16. The molecule has 0 saturated heterocycles. The summed E-state index contributed by atoms with van der Waals surface area (Å²) in [7, 11) is 1.51. The van der Waals surface area contributed by atoms with Crippen molar-refractivity contribution in [2.24, 2.45) is 0 Å². The summed E-state index contributed by atoms with van der Waals surface area (Å²) in [6.07, 6.45) is -1.38. The van der Waals surface area contributed by atoms with Gasteiger partial charge in [-0.15, -0.1) is 0 Å². The van der Waals surface area contributed by atoms with Crippen LogP contribution in [0, 0.1) is 10.1 Å². The van der Waals surface area contributed by atoms with Gasteiger partial charge >= 0.3 is 11.9 Å². The van der Waals surface area contributed by atoms with E-state index in [1.165, 1.54) is 7.11 Å². The topological polar surface area (TPSA) is 134 Å². The molecule has 0 aliphatic heterocycles. The van der Waals surface area contributed by atoms with E-state index in [9.17, 15) is 24.5 Å². The zero-order valence-electron chi connectivity index (χ0n) is 18.9. The first-order valence-electron chi connectivity index (χ1n) is 10.5. The standard InChI is InChI=1S/C25H22N2O8/c1-3-34-24(29)17-13-18(15-20(14-17)27(31)32)25(30)35-22(16-7-5-4-6-8-16)23(28)26-19-9-11-21(33-2)12-10-19/h4-15,22H,3H2,1-2H3,(H,26,28). The average molecular weight is 478 g/mol. The number of rotatable bonds is 9. The number of hydrogen-bond acceptors (Lipinski definition) is 8. The number of nitrogens with one attached hydrogen (secondary N) is 1. The van der Waals surface area contributed by atoms with Gasteiger partial charge in [-0.1, -0.05) is 30.3 Å². The van der Waals surface area contributed by atoms with Gasteiger partial charge in [0.05, 0.1) is 29.8 Å². The number of amides is 1. The van der Waals surface area contributed by atoms with Crippen LogP contribution in [-0.2, 0) is 14.3 Å². The largest absolute Gasteiger partial charge is 0.497 e. The maximum atomic E-state index is 13.1. The van der Waals surface area contributed by atoms with Gasteiger partial charge in [0.15, 0.2) is 0 Å². The van der Waals surface area contributed by atoms with Crippen LogP contribution in [0.15, 0.2) is 72.8 Å². The third-order valence-electron chi connectivity index (χ3n) is 4.80. The van der Waals surface area contributed by atoms with Gasteiger partial charge in [0.1, 0.15) is 5.75 Å². The summed E-state index contributed by atoms with van der Waals surface area (Å²) in [6.45, 7) is 1.62. The molecule has 10 heteroatoms. The third-order valence-corrected chi connectivity index (χ3v) is 4.80. The Labute approximate surface area is 200 Å². The fraction of sp³-hybridized carbons (Fsp3) is 0.160. The Hall–Kier alpha value is -4.73. The molecule has 0 aromatic heterocycles. The van der Waals surface area contributed by atoms with Crippen LogP contribution in [-0.4, -0.2) is 36.5 Å². The fourth-order valence-electron chi connectivity index (χ4n) is 3.12. The van der Waals surface area contributed by atoms with E-state index in [4.69, 9.17) is 14.2 Å². The van der Waals surface area contributed by atoms with E-state index in [1.54, 1.807) is 61.5 Å². The second kappa shape index (κ2) is 11.4. The first-order valence-corrected chi connectivity index (χ1v) is 10.5. The summed E-state index contributed by atoms with van der Waals surface area (Å²) in [5.41, 5.74) is -0.149. The number of carbonyl (C=O) groups excluding carboxylic acids is 3. The van der Waals surface area contributed by atoms with E-state index in [0.717, 1.165) is 18.2 Å². The summed E-state index contributed by atoms with van der Waals surface area (Å²) in [6, 6.07) is 17.9. The lowest BCUT2D eigenvalue weighted by Gasteiger charge is -2.18. The molecule has 0 aliphatic carbocycles. The maximum absolute atomic E-state index is 13.1. The van der Waals surface area contributed by atoms with Gasteiger partial charge in [-0.2, -0.15) is 0 Å². The van der Waals surface area contributed by atoms with Crippen molar-refractivity contribution in [1.82, 2.24) is 0 Å². The molecular formula is C25H22N2O8. The van der Waals surface area contributed by atoms with E-state index in [0.29, 0.717) is 17.0 Å². The molecule has 3 rings (SSSR count). The minimum Gasteiger partial charge on any atom is -0.497 e. The van der Waals surface area contributed by atoms with Crippen molar-refractivity contribution in [3.05, 3.63) is 99.6 Å². The van der Waals surface area contributed by atoms with E-state index in [-0.39, 0.29) is 17.7 Å². The molecule has 3 aromatic rings. The van der Waals surface area contributed by atoms with Crippen molar-refractivity contribution in [3.8, 4) is 5.75 Å². The molecule has 10 nitrogen and oxygen atoms in total. The highest BCUT2D eigenvalue weighted by Crippen LogP contribution is 2.25. The zero-order chi connectivity index (χ0) is 25.4. The number of esters is 2. The summed E-state index contributed by atoms with van der Waals surface area (Å²) < 4.78 is 15.5. The number of hydrogen-bond donors (Lipinski definition) is 1. The maximum Gasteiger partial charge on any atom is 0.339 e. The Bertz CT molecular complexity index is 1230. The molecule has 0 aliphatic rings. The zero-order valence-corrected chi connectivity index (χ0v) is 18.9. The summed E-state index contributed by atoms with van der Waals surface area (Å²) in [4.78, 5) is 48.8. The van der Waals surface area contributed by atoms with Gasteiger partial charge in [-0.05, 0) is 37.3 Å². The number of non-ortho nitro benzene ring substituents is 1. The number of nitro groups is 1. The van der Waals surface area contributed by atoms with Gasteiger partial charge in [0, 0.05) is 23.4 Å². The lowest BCUT2D eigenvalue weighted by atomic mass is 10.1. The molecule has 0 bridgehead atoms. The molecule has 0 fully saturated rings. The van der Waals surface area contributed by atoms with Crippen molar-refractivity contribution < 1.29 is 33.5 Å². The molecule has 0 spiro atoms. The normalized spacial score (nSPS) is 11.1. The van der Waals surface area contributed by atoms with Crippen LogP contribution in [0.2, 0.25) is 0 Å². The monoisotopic (exact) mass is 478 g/mol. The van der Waals surface area contributed by atoms with Crippen LogP contribution >= 0.6 is 0 Å². The average Bonchev–Trinajstić information content (AvgIpc) is 2.87. The van der Waals surface area contributed by atoms with Gasteiger partial charge < -0.3 is 19.5 Å². The van der Waals surface area contributed by atoms with Crippen LogP contribution in [0.5, 0.6) is 5.75 Å². The number of nitrogens with zero attached hydrogens (tertiary/aromatic N) is 1. The highest BCUT2D eigenvalue weighted by Gasteiger charge is 2.27. The minimum absolute atomic E-state index is 0.0446. The molecule has 1 unspecified atom stereocenters. The van der Waals surface area contributed by atoms with Gasteiger partial charge in [-0.3, -0.25) is 14.9 Å². The lowest BCUT2D eigenvalue weighted by molar-refractivity contribution is -0.384. The molecule has 3 aromatic carbocycles. The Balaban J connectivity index is 1.91. The van der Waals surface area contributed by atoms with Crippen molar-refractivity contribution in [3.63, 3.8) is 0 Å². The minimum atomic E-state index is -1.38. The number of nitro benzene ring substituents is 1. The first kappa shape index (κ1) is 24.9. The second-order valence-corrected chi connectivity index (χ2v) is 7.16. The molecule has 0 saturated carbocycles. The highest BCUT2D eigenvalue weighted by atomic mass is 16.6. The van der Waals surface area contributed by atoms with Crippen molar-refractivity contribution in [2.45, 2.75) is 13.0 Å². The Kier molecular flexibility index (Phi) is 8.12. The SMILES string of the molecule is CCOC(=O)c1cc(C(=O)OC(C(=O)Nc2ccc(OC)cc2)c2ccccc2)cc([N+](=O)[O-])c1.